The van der Waals surface area contributed by atoms with E-state index in [-0.39, 0.29) is 0 Å². The molecule has 0 spiro atoms. The van der Waals surface area contributed by atoms with Crippen molar-refractivity contribution in [2.45, 2.75) is 12.3 Å². The molecule has 4 heterocycles. The second kappa shape index (κ2) is 5.81. The molecule has 1 aromatic carbocycles. The maximum atomic E-state index is 6.39. The number of para-hydroxylation sites is 1. The molecule has 1 saturated heterocycles. The van der Waals surface area contributed by atoms with Crippen LogP contribution in [0.25, 0.3) is 27.7 Å². The van der Waals surface area contributed by atoms with Gasteiger partial charge in [-0.25, -0.2) is 4.98 Å². The lowest BCUT2D eigenvalue weighted by atomic mass is 9.88. The Morgan fingerprint density at radius 3 is 2.96 bits per heavy atom. The number of rotatable bonds is 2. The summed E-state index contributed by atoms with van der Waals surface area (Å²) in [5, 5.41) is 9.00. The molecule has 1 aliphatic rings. The molecule has 0 radical (unpaired) electrons. The number of nitrogen functional groups attached to an aromatic ring is 1. The van der Waals surface area contributed by atoms with E-state index in [4.69, 9.17) is 10.7 Å². The second-order valence-electron chi connectivity index (χ2n) is 6.91. The van der Waals surface area contributed by atoms with Crippen molar-refractivity contribution in [3.8, 4) is 11.1 Å². The number of anilines is 1. The van der Waals surface area contributed by atoms with Crippen LogP contribution in [0.5, 0.6) is 0 Å². The van der Waals surface area contributed by atoms with Gasteiger partial charge < -0.3 is 11.1 Å². The summed E-state index contributed by atoms with van der Waals surface area (Å²) >= 11 is 0. The largest absolute Gasteiger partial charge is 0.384 e. The molecular formula is C19H19BN6. The van der Waals surface area contributed by atoms with Gasteiger partial charge in [0.05, 0.1) is 11.7 Å². The van der Waals surface area contributed by atoms with Gasteiger partial charge in [0.15, 0.2) is 5.65 Å². The summed E-state index contributed by atoms with van der Waals surface area (Å²) in [6.07, 6.45) is 4.80. The van der Waals surface area contributed by atoms with Gasteiger partial charge in [-0.2, -0.15) is 9.61 Å². The van der Waals surface area contributed by atoms with E-state index in [9.17, 15) is 0 Å². The van der Waals surface area contributed by atoms with Crippen molar-refractivity contribution in [1.82, 2.24) is 24.9 Å². The average Bonchev–Trinajstić information content (AvgIpc) is 3.34. The van der Waals surface area contributed by atoms with Crippen molar-refractivity contribution in [3.05, 3.63) is 48.4 Å². The number of nitrogens with zero attached hydrogens (tertiary/aromatic N) is 4. The Balaban J connectivity index is 1.72. The molecule has 0 bridgehead atoms. The molecule has 1 aliphatic heterocycles. The van der Waals surface area contributed by atoms with Crippen LogP contribution in [0.3, 0.4) is 0 Å². The molecule has 6 nitrogen and oxygen atoms in total. The highest BCUT2D eigenvalue weighted by Crippen LogP contribution is 2.28. The molecule has 26 heavy (non-hydrogen) atoms. The average molecular weight is 342 g/mol. The van der Waals surface area contributed by atoms with Crippen LogP contribution >= 0.6 is 0 Å². The molecule has 5 rings (SSSR count). The van der Waals surface area contributed by atoms with Crippen molar-refractivity contribution in [2.24, 2.45) is 0 Å². The lowest BCUT2D eigenvalue weighted by Crippen LogP contribution is -2.25. The predicted octanol–water partition coefficient (Wildman–Crippen LogP) is 0.862. The Labute approximate surface area is 151 Å². The molecule has 1 unspecified atom stereocenters. The number of hydrogen-bond acceptors (Lipinski definition) is 5. The standard InChI is InChI=1S/C19H19BN6/c20-16-17(12-5-6-22-8-12)25-19-14(10-24-26(19)18(16)21)13-7-11-3-1-2-4-15(11)23-9-13/h1-4,7,9-10,12,22H,5-6,8,20-21H2. The normalized spacial score (nSPS) is 17.3. The fraction of sp³-hybridized carbons (Fsp3) is 0.211. The Kier molecular flexibility index (Phi) is 3.43. The molecular weight excluding hydrogens is 323 g/mol. The van der Waals surface area contributed by atoms with Gasteiger partial charge in [0, 0.05) is 40.9 Å². The smallest absolute Gasteiger partial charge is 0.165 e. The fourth-order valence-electron chi connectivity index (χ4n) is 3.82. The van der Waals surface area contributed by atoms with Gasteiger partial charge in [0.1, 0.15) is 13.7 Å². The van der Waals surface area contributed by atoms with Gasteiger partial charge in [-0.3, -0.25) is 4.98 Å². The monoisotopic (exact) mass is 342 g/mol. The van der Waals surface area contributed by atoms with E-state index in [0.29, 0.717) is 11.7 Å². The molecule has 4 aromatic rings. The summed E-state index contributed by atoms with van der Waals surface area (Å²) in [6, 6.07) is 10.2. The topological polar surface area (TPSA) is 81.1 Å². The van der Waals surface area contributed by atoms with E-state index in [0.717, 1.165) is 58.3 Å². The van der Waals surface area contributed by atoms with Crippen LogP contribution in [0.4, 0.5) is 5.82 Å². The summed E-state index contributed by atoms with van der Waals surface area (Å²) in [7, 11) is 2.04. The fourth-order valence-corrected chi connectivity index (χ4v) is 3.82. The second-order valence-corrected chi connectivity index (χ2v) is 6.91. The molecule has 1 atom stereocenters. The lowest BCUT2D eigenvalue weighted by Gasteiger charge is -2.15. The third-order valence-corrected chi connectivity index (χ3v) is 5.32. The first kappa shape index (κ1) is 15.3. The van der Waals surface area contributed by atoms with Gasteiger partial charge >= 0.3 is 0 Å². The summed E-state index contributed by atoms with van der Waals surface area (Å²) < 4.78 is 1.74. The van der Waals surface area contributed by atoms with E-state index >= 15 is 0 Å². The number of benzene rings is 1. The first-order valence-electron chi connectivity index (χ1n) is 8.92. The van der Waals surface area contributed by atoms with Gasteiger partial charge in [0.25, 0.3) is 0 Å². The SMILES string of the molecule is Bc1c(C2CCNC2)nc2c(-c3cnc4ccccc4c3)cnn2c1N. The van der Waals surface area contributed by atoms with Gasteiger partial charge in [0.2, 0.25) is 0 Å². The van der Waals surface area contributed by atoms with E-state index in [1.54, 1.807) is 4.52 Å². The van der Waals surface area contributed by atoms with Crippen molar-refractivity contribution in [1.29, 1.82) is 0 Å². The van der Waals surface area contributed by atoms with Gasteiger partial charge in [-0.15, -0.1) is 0 Å². The Morgan fingerprint density at radius 2 is 2.12 bits per heavy atom. The molecule has 7 heteroatoms. The lowest BCUT2D eigenvalue weighted by molar-refractivity contribution is 0.738. The third kappa shape index (κ3) is 2.28. The van der Waals surface area contributed by atoms with Crippen molar-refractivity contribution < 1.29 is 0 Å². The summed E-state index contributed by atoms with van der Waals surface area (Å²) in [5.41, 5.74) is 12.2. The van der Waals surface area contributed by atoms with E-state index in [2.05, 4.69) is 27.5 Å². The Morgan fingerprint density at radius 1 is 1.23 bits per heavy atom. The van der Waals surface area contributed by atoms with Crippen LogP contribution in [0, 0.1) is 0 Å². The summed E-state index contributed by atoms with van der Waals surface area (Å²) in [4.78, 5) is 9.56. The van der Waals surface area contributed by atoms with Crippen molar-refractivity contribution >= 4 is 35.7 Å². The van der Waals surface area contributed by atoms with Crippen LogP contribution in [-0.4, -0.2) is 40.5 Å². The van der Waals surface area contributed by atoms with E-state index in [1.165, 1.54) is 0 Å². The highest BCUT2D eigenvalue weighted by Gasteiger charge is 2.23. The predicted molar refractivity (Wildman–Crippen MR) is 107 cm³/mol. The molecule has 0 saturated carbocycles. The zero-order valence-corrected chi connectivity index (χ0v) is 14.6. The molecule has 0 amide bonds. The number of fused-ring (bicyclic) bond motifs is 2. The van der Waals surface area contributed by atoms with Gasteiger partial charge in [-0.05, 0) is 30.6 Å². The summed E-state index contributed by atoms with van der Waals surface area (Å²) in [6.45, 7) is 1.97. The first-order chi connectivity index (χ1) is 12.7. The van der Waals surface area contributed by atoms with Crippen LogP contribution in [0.1, 0.15) is 18.0 Å². The molecule has 3 N–H and O–H groups in total. The zero-order valence-electron chi connectivity index (χ0n) is 14.6. The van der Waals surface area contributed by atoms with Crippen LogP contribution in [-0.2, 0) is 0 Å². The van der Waals surface area contributed by atoms with Crippen LogP contribution in [0.15, 0.2) is 42.7 Å². The highest BCUT2D eigenvalue weighted by atomic mass is 15.3. The molecule has 0 aliphatic carbocycles. The minimum absolute atomic E-state index is 0.403. The first-order valence-corrected chi connectivity index (χ1v) is 8.92. The minimum atomic E-state index is 0.403. The van der Waals surface area contributed by atoms with E-state index in [1.807, 2.05) is 38.4 Å². The maximum Gasteiger partial charge on any atom is 0.165 e. The number of aromatic nitrogens is 4. The van der Waals surface area contributed by atoms with E-state index < -0.39 is 0 Å². The molecule has 128 valence electrons. The van der Waals surface area contributed by atoms with Crippen LogP contribution in [0.2, 0.25) is 0 Å². The quantitative estimate of drug-likeness (QED) is 0.528. The van der Waals surface area contributed by atoms with Crippen molar-refractivity contribution in [3.63, 3.8) is 0 Å². The number of nitrogens with one attached hydrogen (secondary N) is 1. The zero-order chi connectivity index (χ0) is 17.7. The van der Waals surface area contributed by atoms with Gasteiger partial charge in [-0.1, -0.05) is 18.2 Å². The maximum absolute atomic E-state index is 6.39. The minimum Gasteiger partial charge on any atom is -0.384 e. The Hall–Kier alpha value is -2.93. The van der Waals surface area contributed by atoms with Crippen molar-refractivity contribution in [2.75, 3.05) is 18.8 Å². The number of hydrogen-bond donors (Lipinski definition) is 2. The Bertz CT molecular complexity index is 1130. The molecule has 3 aromatic heterocycles. The van der Waals surface area contributed by atoms with Crippen LogP contribution < -0.4 is 16.5 Å². The number of nitrogens with two attached hydrogens (primary N) is 1. The highest BCUT2D eigenvalue weighted by molar-refractivity contribution is 6.36. The third-order valence-electron chi connectivity index (χ3n) is 5.32. The summed E-state index contributed by atoms with van der Waals surface area (Å²) in [5.74, 6) is 1.07. The number of pyridine rings is 1. The molecule has 1 fully saturated rings.